The van der Waals surface area contributed by atoms with Crippen molar-refractivity contribution >= 4 is 0 Å². The number of hydrogen-bond donors (Lipinski definition) is 1. The summed E-state index contributed by atoms with van der Waals surface area (Å²) in [7, 11) is 0. The van der Waals surface area contributed by atoms with Crippen molar-refractivity contribution < 1.29 is 4.42 Å². The maximum absolute atomic E-state index is 6.36. The predicted octanol–water partition coefficient (Wildman–Crippen LogP) is 3.13. The van der Waals surface area contributed by atoms with Crippen molar-refractivity contribution in [2.24, 2.45) is 5.73 Å². The molecule has 2 atom stereocenters. The molecule has 0 amide bonds. The molecule has 0 spiro atoms. The second-order valence-corrected chi connectivity index (χ2v) is 4.81. The molecule has 4 nitrogen and oxygen atoms in total. The Labute approximate surface area is 117 Å². The summed E-state index contributed by atoms with van der Waals surface area (Å²) in [5.41, 5.74) is 8.40. The van der Waals surface area contributed by atoms with E-state index in [2.05, 4.69) is 16.5 Å². The van der Waals surface area contributed by atoms with E-state index in [1.165, 1.54) is 0 Å². The van der Waals surface area contributed by atoms with Crippen LogP contribution < -0.4 is 5.73 Å². The number of nitrogens with zero attached hydrogens (tertiary/aromatic N) is 2. The first-order chi connectivity index (χ1) is 9.77. The van der Waals surface area contributed by atoms with Crippen LogP contribution in [0.25, 0.3) is 0 Å². The van der Waals surface area contributed by atoms with Gasteiger partial charge in [-0.25, -0.2) is 4.98 Å². The SMILES string of the molecule is CC(c1ccco1)n1cncc1C(N)c1ccccc1. The molecular formula is C16H17N3O. The van der Waals surface area contributed by atoms with E-state index in [-0.39, 0.29) is 12.1 Å². The van der Waals surface area contributed by atoms with Gasteiger partial charge in [0.05, 0.1) is 36.6 Å². The number of benzene rings is 1. The molecule has 102 valence electrons. The molecule has 0 aliphatic heterocycles. The molecule has 3 aromatic rings. The number of aromatic nitrogens is 2. The summed E-state index contributed by atoms with van der Waals surface area (Å²) >= 11 is 0. The molecule has 2 N–H and O–H groups in total. The minimum atomic E-state index is -0.198. The third kappa shape index (κ3) is 2.26. The third-order valence-electron chi connectivity index (χ3n) is 3.55. The van der Waals surface area contributed by atoms with E-state index in [9.17, 15) is 0 Å². The van der Waals surface area contributed by atoms with Crippen molar-refractivity contribution in [2.75, 3.05) is 0 Å². The molecule has 2 aromatic heterocycles. The lowest BCUT2D eigenvalue weighted by Gasteiger charge is -2.19. The Balaban J connectivity index is 1.94. The Kier molecular flexibility index (Phi) is 3.39. The van der Waals surface area contributed by atoms with Gasteiger partial charge in [-0.2, -0.15) is 0 Å². The summed E-state index contributed by atoms with van der Waals surface area (Å²) in [5, 5.41) is 0. The monoisotopic (exact) mass is 267 g/mol. The quantitative estimate of drug-likeness (QED) is 0.790. The van der Waals surface area contributed by atoms with E-state index >= 15 is 0 Å². The van der Waals surface area contributed by atoms with Crippen LogP contribution in [0.15, 0.2) is 65.7 Å². The first kappa shape index (κ1) is 12.7. The van der Waals surface area contributed by atoms with Crippen molar-refractivity contribution in [3.63, 3.8) is 0 Å². The number of rotatable bonds is 4. The van der Waals surface area contributed by atoms with Gasteiger partial charge in [-0.3, -0.25) is 0 Å². The molecule has 2 unspecified atom stereocenters. The minimum Gasteiger partial charge on any atom is -0.467 e. The fourth-order valence-electron chi connectivity index (χ4n) is 2.38. The van der Waals surface area contributed by atoms with Crippen LogP contribution in [0.2, 0.25) is 0 Å². The van der Waals surface area contributed by atoms with Gasteiger partial charge in [-0.15, -0.1) is 0 Å². The maximum Gasteiger partial charge on any atom is 0.126 e. The maximum atomic E-state index is 6.36. The second-order valence-electron chi connectivity index (χ2n) is 4.81. The zero-order valence-electron chi connectivity index (χ0n) is 11.3. The predicted molar refractivity (Wildman–Crippen MR) is 77.2 cm³/mol. The first-order valence-corrected chi connectivity index (χ1v) is 6.63. The molecule has 0 saturated heterocycles. The molecular weight excluding hydrogens is 250 g/mol. The van der Waals surface area contributed by atoms with Gasteiger partial charge in [0.15, 0.2) is 0 Å². The van der Waals surface area contributed by atoms with Crippen molar-refractivity contribution in [1.82, 2.24) is 9.55 Å². The van der Waals surface area contributed by atoms with Gasteiger partial charge >= 0.3 is 0 Å². The Bertz CT molecular complexity index is 658. The molecule has 0 saturated carbocycles. The third-order valence-corrected chi connectivity index (χ3v) is 3.55. The highest BCUT2D eigenvalue weighted by molar-refractivity contribution is 5.27. The highest BCUT2D eigenvalue weighted by atomic mass is 16.3. The lowest BCUT2D eigenvalue weighted by atomic mass is 10.0. The normalized spacial score (nSPS) is 14.1. The van der Waals surface area contributed by atoms with Crippen LogP contribution >= 0.6 is 0 Å². The van der Waals surface area contributed by atoms with E-state index in [1.54, 1.807) is 12.6 Å². The number of hydrogen-bond acceptors (Lipinski definition) is 3. The fourth-order valence-corrected chi connectivity index (χ4v) is 2.38. The smallest absolute Gasteiger partial charge is 0.126 e. The van der Waals surface area contributed by atoms with Gasteiger partial charge in [0.1, 0.15) is 5.76 Å². The Morgan fingerprint density at radius 3 is 2.65 bits per heavy atom. The van der Waals surface area contributed by atoms with Crippen LogP contribution in [-0.4, -0.2) is 9.55 Å². The van der Waals surface area contributed by atoms with Crippen LogP contribution in [0.3, 0.4) is 0 Å². The van der Waals surface area contributed by atoms with Crippen molar-refractivity contribution in [2.45, 2.75) is 19.0 Å². The molecule has 3 rings (SSSR count). The summed E-state index contributed by atoms with van der Waals surface area (Å²) in [6.07, 6.45) is 5.29. The summed E-state index contributed by atoms with van der Waals surface area (Å²) in [6.45, 7) is 2.07. The highest BCUT2D eigenvalue weighted by Crippen LogP contribution is 2.25. The van der Waals surface area contributed by atoms with Crippen LogP contribution in [0.1, 0.15) is 36.0 Å². The van der Waals surface area contributed by atoms with Gasteiger partial charge in [-0.1, -0.05) is 30.3 Å². The zero-order chi connectivity index (χ0) is 13.9. The number of furan rings is 1. The molecule has 0 bridgehead atoms. The first-order valence-electron chi connectivity index (χ1n) is 6.63. The molecule has 0 aliphatic rings. The molecule has 0 fully saturated rings. The van der Waals surface area contributed by atoms with Crippen LogP contribution in [-0.2, 0) is 0 Å². The number of imidazole rings is 1. The van der Waals surface area contributed by atoms with Crippen molar-refractivity contribution in [1.29, 1.82) is 0 Å². The molecule has 1 aromatic carbocycles. The van der Waals surface area contributed by atoms with Gasteiger partial charge < -0.3 is 14.7 Å². The van der Waals surface area contributed by atoms with Crippen LogP contribution in [0.5, 0.6) is 0 Å². The van der Waals surface area contributed by atoms with E-state index in [0.717, 1.165) is 17.0 Å². The zero-order valence-corrected chi connectivity index (χ0v) is 11.3. The largest absolute Gasteiger partial charge is 0.467 e. The average Bonchev–Trinajstić information content (AvgIpc) is 3.18. The van der Waals surface area contributed by atoms with E-state index < -0.39 is 0 Å². The highest BCUT2D eigenvalue weighted by Gasteiger charge is 2.19. The Morgan fingerprint density at radius 2 is 1.95 bits per heavy atom. The fraction of sp³-hybridized carbons (Fsp3) is 0.188. The number of nitrogens with two attached hydrogens (primary N) is 1. The topological polar surface area (TPSA) is 57.0 Å². The summed E-state index contributed by atoms with van der Waals surface area (Å²) < 4.78 is 7.52. The summed E-state index contributed by atoms with van der Waals surface area (Å²) in [4.78, 5) is 4.24. The standard InChI is InChI=1S/C16H17N3O/c1-12(15-8-5-9-20-15)19-11-18-10-14(19)16(17)13-6-3-2-4-7-13/h2-12,16H,17H2,1H3. The lowest BCUT2D eigenvalue weighted by Crippen LogP contribution is -2.18. The summed E-state index contributed by atoms with van der Waals surface area (Å²) in [6, 6.07) is 13.7. The van der Waals surface area contributed by atoms with Gasteiger partial charge in [0.2, 0.25) is 0 Å². The van der Waals surface area contributed by atoms with E-state index in [0.29, 0.717) is 0 Å². The van der Waals surface area contributed by atoms with Crippen molar-refractivity contribution in [3.8, 4) is 0 Å². The van der Waals surface area contributed by atoms with E-state index in [1.807, 2.05) is 48.7 Å². The Morgan fingerprint density at radius 1 is 1.15 bits per heavy atom. The molecule has 20 heavy (non-hydrogen) atoms. The van der Waals surface area contributed by atoms with Gasteiger partial charge in [0, 0.05) is 0 Å². The summed E-state index contributed by atoms with van der Waals surface area (Å²) in [5.74, 6) is 0.893. The van der Waals surface area contributed by atoms with Crippen LogP contribution in [0.4, 0.5) is 0 Å². The Hall–Kier alpha value is -2.33. The minimum absolute atomic E-state index is 0.0669. The lowest BCUT2D eigenvalue weighted by molar-refractivity contribution is 0.437. The van der Waals surface area contributed by atoms with Gasteiger partial charge in [0.25, 0.3) is 0 Å². The molecule has 0 aliphatic carbocycles. The average molecular weight is 267 g/mol. The molecule has 0 radical (unpaired) electrons. The van der Waals surface area contributed by atoms with Crippen molar-refractivity contribution in [3.05, 3.63) is 78.3 Å². The van der Waals surface area contributed by atoms with Crippen LogP contribution in [0, 0.1) is 0 Å². The second kappa shape index (κ2) is 5.35. The molecule has 4 heteroatoms. The van der Waals surface area contributed by atoms with Gasteiger partial charge in [-0.05, 0) is 24.6 Å². The van der Waals surface area contributed by atoms with E-state index in [4.69, 9.17) is 10.2 Å². The molecule has 2 heterocycles.